The highest BCUT2D eigenvalue weighted by Gasteiger charge is 2.59. The highest BCUT2D eigenvalue weighted by molar-refractivity contribution is 9.10. The Morgan fingerprint density at radius 3 is 2.83 bits per heavy atom. The summed E-state index contributed by atoms with van der Waals surface area (Å²) in [5.74, 6) is -1.42. The van der Waals surface area contributed by atoms with Crippen LogP contribution in [-0.2, 0) is 24.5 Å². The fourth-order valence-corrected chi connectivity index (χ4v) is 3.52. The van der Waals surface area contributed by atoms with Gasteiger partial charge in [-0.15, -0.1) is 0 Å². The number of anilines is 1. The zero-order valence-corrected chi connectivity index (χ0v) is 14.4. The third kappa shape index (κ3) is 1.88. The van der Waals surface area contributed by atoms with Crippen LogP contribution in [0.4, 0.5) is 5.69 Å². The summed E-state index contributed by atoms with van der Waals surface area (Å²) in [6, 6.07) is 6.97. The van der Waals surface area contributed by atoms with Gasteiger partial charge >= 0.3 is 5.97 Å². The molecule has 0 radical (unpaired) electrons. The Balaban J connectivity index is 2.44. The molecule has 1 amide bonds. The third-order valence-corrected chi connectivity index (χ3v) is 4.58. The topological polar surface area (TPSA) is 114 Å². The molecule has 24 heavy (non-hydrogen) atoms. The molecule has 0 fully saturated rings. The molecule has 0 aromatic heterocycles. The molecule has 122 valence electrons. The van der Waals surface area contributed by atoms with E-state index < -0.39 is 17.3 Å². The summed E-state index contributed by atoms with van der Waals surface area (Å²) in [6.45, 7) is 1.50. The smallest absolute Gasteiger partial charge is 0.339 e. The molecule has 8 heteroatoms. The lowest BCUT2D eigenvalue weighted by molar-refractivity contribution is -0.138. The second-order valence-corrected chi connectivity index (χ2v) is 6.19. The number of carbonyl (C=O) groups is 2. The Morgan fingerprint density at radius 2 is 2.21 bits per heavy atom. The summed E-state index contributed by atoms with van der Waals surface area (Å²) >= 11 is 3.33. The van der Waals surface area contributed by atoms with Crippen molar-refractivity contribution < 1.29 is 19.1 Å². The molecule has 0 aliphatic carbocycles. The first-order valence-electron chi connectivity index (χ1n) is 6.87. The fraction of sp³-hybridized carbons (Fsp3) is 0.188. The average molecular weight is 390 g/mol. The monoisotopic (exact) mass is 389 g/mol. The number of esters is 1. The Hall–Kier alpha value is -2.79. The highest BCUT2D eigenvalue weighted by atomic mass is 79.9. The summed E-state index contributed by atoms with van der Waals surface area (Å²) in [5.41, 5.74) is 4.87. The van der Waals surface area contributed by atoms with E-state index in [-0.39, 0.29) is 22.8 Å². The zero-order valence-electron chi connectivity index (χ0n) is 12.8. The van der Waals surface area contributed by atoms with E-state index in [9.17, 15) is 14.9 Å². The number of halogens is 1. The molecule has 0 bridgehead atoms. The van der Waals surface area contributed by atoms with Crippen molar-refractivity contribution in [3.8, 4) is 6.07 Å². The second kappa shape index (κ2) is 5.39. The minimum Gasteiger partial charge on any atom is -0.466 e. The molecule has 1 spiro atoms. The Bertz CT molecular complexity index is 897. The van der Waals surface area contributed by atoms with E-state index in [2.05, 4.69) is 21.2 Å². The summed E-state index contributed by atoms with van der Waals surface area (Å²) in [5, 5.41) is 12.3. The van der Waals surface area contributed by atoms with Crippen molar-refractivity contribution in [2.24, 2.45) is 5.73 Å². The van der Waals surface area contributed by atoms with E-state index in [1.54, 1.807) is 18.2 Å². The van der Waals surface area contributed by atoms with E-state index in [0.717, 1.165) is 4.47 Å². The molecule has 1 aromatic carbocycles. The first kappa shape index (κ1) is 16.1. The van der Waals surface area contributed by atoms with Crippen LogP contribution in [0.5, 0.6) is 0 Å². The van der Waals surface area contributed by atoms with Crippen molar-refractivity contribution in [1.82, 2.24) is 0 Å². The highest BCUT2D eigenvalue weighted by Crippen LogP contribution is 2.52. The minimum atomic E-state index is -1.69. The van der Waals surface area contributed by atoms with Gasteiger partial charge < -0.3 is 20.5 Å². The van der Waals surface area contributed by atoms with Gasteiger partial charge in [0.05, 0.1) is 7.11 Å². The largest absolute Gasteiger partial charge is 0.466 e. The van der Waals surface area contributed by atoms with Crippen LogP contribution < -0.4 is 11.1 Å². The number of benzene rings is 1. The van der Waals surface area contributed by atoms with E-state index in [1.165, 1.54) is 14.0 Å². The molecule has 0 saturated carbocycles. The molecular formula is C16H12BrN3O4. The molecular weight excluding hydrogens is 378 g/mol. The van der Waals surface area contributed by atoms with E-state index >= 15 is 0 Å². The first-order valence-corrected chi connectivity index (χ1v) is 7.66. The van der Waals surface area contributed by atoms with E-state index in [1.807, 2.05) is 6.07 Å². The predicted molar refractivity (Wildman–Crippen MR) is 87.1 cm³/mol. The van der Waals surface area contributed by atoms with Gasteiger partial charge in [0.2, 0.25) is 11.8 Å². The lowest BCUT2D eigenvalue weighted by Gasteiger charge is -2.33. The van der Waals surface area contributed by atoms with Crippen molar-refractivity contribution >= 4 is 33.5 Å². The molecule has 2 aliphatic rings. The number of ether oxygens (including phenoxy) is 2. The molecule has 7 nitrogen and oxygen atoms in total. The average Bonchev–Trinajstić information content (AvgIpc) is 2.79. The third-order valence-electron chi connectivity index (χ3n) is 4.09. The molecule has 3 N–H and O–H groups in total. The quantitative estimate of drug-likeness (QED) is 0.707. The lowest BCUT2D eigenvalue weighted by atomic mass is 9.68. The normalized spacial score (nSPS) is 22.0. The maximum atomic E-state index is 12.9. The number of fused-ring (bicyclic) bond motifs is 2. The van der Waals surface area contributed by atoms with Crippen molar-refractivity contribution in [2.75, 3.05) is 12.4 Å². The second-order valence-electron chi connectivity index (χ2n) is 5.27. The number of allylic oxidation sites excluding steroid dienone is 1. The molecule has 1 unspecified atom stereocenters. The van der Waals surface area contributed by atoms with Crippen LogP contribution in [0.3, 0.4) is 0 Å². The van der Waals surface area contributed by atoms with Crippen LogP contribution in [-0.4, -0.2) is 19.0 Å². The maximum Gasteiger partial charge on any atom is 0.339 e. The number of amides is 1. The van der Waals surface area contributed by atoms with Gasteiger partial charge in [0.1, 0.15) is 23.0 Å². The van der Waals surface area contributed by atoms with Crippen molar-refractivity contribution in [3.63, 3.8) is 0 Å². The summed E-state index contributed by atoms with van der Waals surface area (Å²) in [6.07, 6.45) is 0. The first-order chi connectivity index (χ1) is 11.4. The molecule has 2 aliphatic heterocycles. The standard InChI is InChI=1S/C16H12BrN3O4/c1-7-12(14(21)23-2)16(10(6-18)13(19)24-7)9-4-3-8(17)5-11(9)20-15(16)22/h3-5H,19H2,1-2H3,(H,20,22). The summed E-state index contributed by atoms with van der Waals surface area (Å²) in [7, 11) is 1.19. The Morgan fingerprint density at radius 1 is 1.50 bits per heavy atom. The van der Waals surface area contributed by atoms with E-state index in [4.69, 9.17) is 15.2 Å². The predicted octanol–water partition coefficient (Wildman–Crippen LogP) is 1.81. The van der Waals surface area contributed by atoms with Crippen molar-refractivity contribution in [1.29, 1.82) is 5.26 Å². The molecule has 1 atom stereocenters. The van der Waals surface area contributed by atoms with Gasteiger partial charge in [0.25, 0.3) is 0 Å². The van der Waals surface area contributed by atoms with Gasteiger partial charge in [-0.1, -0.05) is 22.0 Å². The van der Waals surface area contributed by atoms with Crippen LogP contribution in [0.25, 0.3) is 0 Å². The number of nitrogens with zero attached hydrogens (tertiary/aromatic N) is 1. The minimum absolute atomic E-state index is 0.0608. The fourth-order valence-electron chi connectivity index (χ4n) is 3.16. The van der Waals surface area contributed by atoms with Crippen LogP contribution in [0, 0.1) is 11.3 Å². The number of nitrogens with two attached hydrogens (primary N) is 1. The van der Waals surface area contributed by atoms with Crippen molar-refractivity contribution in [3.05, 3.63) is 51.0 Å². The summed E-state index contributed by atoms with van der Waals surface area (Å²) < 4.78 is 10.9. The number of hydrogen-bond acceptors (Lipinski definition) is 6. The SMILES string of the molecule is COC(=O)C1=C(C)OC(N)=C(C#N)C12C(=O)Nc1cc(Br)ccc12. The van der Waals surface area contributed by atoms with Crippen LogP contribution >= 0.6 is 15.9 Å². The van der Waals surface area contributed by atoms with Gasteiger partial charge in [-0.25, -0.2) is 4.79 Å². The molecule has 1 aromatic rings. The van der Waals surface area contributed by atoms with Crippen LogP contribution in [0.2, 0.25) is 0 Å². The number of hydrogen-bond donors (Lipinski definition) is 2. The van der Waals surface area contributed by atoms with Gasteiger partial charge in [-0.05, 0) is 19.1 Å². The molecule has 2 heterocycles. The molecule has 3 rings (SSSR count). The number of carbonyl (C=O) groups excluding carboxylic acids is 2. The molecule has 0 saturated heterocycles. The number of nitrogens with one attached hydrogen (secondary N) is 1. The number of nitriles is 1. The Labute approximate surface area is 145 Å². The van der Waals surface area contributed by atoms with Gasteiger partial charge in [0.15, 0.2) is 5.41 Å². The van der Waals surface area contributed by atoms with Crippen LogP contribution in [0.15, 0.2) is 45.5 Å². The number of methoxy groups -OCH3 is 1. The zero-order chi connectivity index (χ0) is 17.6. The van der Waals surface area contributed by atoms with Gasteiger partial charge in [-0.3, -0.25) is 4.79 Å². The van der Waals surface area contributed by atoms with Gasteiger partial charge in [0, 0.05) is 15.7 Å². The lowest BCUT2D eigenvalue weighted by Crippen LogP contribution is -2.45. The van der Waals surface area contributed by atoms with Gasteiger partial charge in [-0.2, -0.15) is 5.26 Å². The van der Waals surface area contributed by atoms with E-state index in [0.29, 0.717) is 11.3 Å². The van der Waals surface area contributed by atoms with Crippen LogP contribution in [0.1, 0.15) is 12.5 Å². The van der Waals surface area contributed by atoms with Crippen molar-refractivity contribution in [2.45, 2.75) is 12.3 Å². The number of rotatable bonds is 1. The Kier molecular flexibility index (Phi) is 3.61. The maximum absolute atomic E-state index is 12.9. The summed E-state index contributed by atoms with van der Waals surface area (Å²) in [4.78, 5) is 25.4.